The second-order valence-electron chi connectivity index (χ2n) is 8.62. The molecule has 2 fully saturated rings. The Balaban J connectivity index is 1.20. The normalized spacial score (nSPS) is 21.8. The largest absolute Gasteiger partial charge is 0.395 e. The van der Waals surface area contributed by atoms with Gasteiger partial charge in [-0.2, -0.15) is 0 Å². The standard InChI is InChI=1S/C23H35N5O2/c29-18-17-26-15-13-25(14-16-26)10-4-11-27-9-3-6-21(19-27)23(30)24-28-12-8-20-5-1-2-7-22(20)28/h1-2,5,7-8,12,21,29H,3-4,6,9-11,13-19H2,(H,24,30). The number of aliphatic hydroxyl groups excluding tert-OH is 1. The number of carbonyl (C=O) groups excluding carboxylic acids is 1. The van der Waals surface area contributed by atoms with E-state index in [9.17, 15) is 4.79 Å². The number of aromatic nitrogens is 1. The molecule has 0 radical (unpaired) electrons. The predicted molar refractivity (Wildman–Crippen MR) is 120 cm³/mol. The molecule has 164 valence electrons. The second-order valence-corrected chi connectivity index (χ2v) is 8.62. The summed E-state index contributed by atoms with van der Waals surface area (Å²) in [6, 6.07) is 10.1. The molecule has 0 aliphatic carbocycles. The Hall–Kier alpha value is -1.93. The van der Waals surface area contributed by atoms with Gasteiger partial charge in [-0.1, -0.05) is 18.2 Å². The number of amides is 1. The smallest absolute Gasteiger partial charge is 0.243 e. The molecule has 1 amide bonds. The van der Waals surface area contributed by atoms with Gasteiger partial charge in [0.05, 0.1) is 18.0 Å². The maximum Gasteiger partial charge on any atom is 0.243 e. The number of nitrogens with zero attached hydrogens (tertiary/aromatic N) is 4. The van der Waals surface area contributed by atoms with E-state index in [0.717, 1.165) is 89.1 Å². The number of aliphatic hydroxyl groups is 1. The lowest BCUT2D eigenvalue weighted by Gasteiger charge is -2.35. The molecule has 7 nitrogen and oxygen atoms in total. The van der Waals surface area contributed by atoms with Crippen LogP contribution in [0.2, 0.25) is 0 Å². The third-order valence-corrected chi connectivity index (χ3v) is 6.54. The van der Waals surface area contributed by atoms with Crippen LogP contribution in [0.1, 0.15) is 19.3 Å². The van der Waals surface area contributed by atoms with Crippen molar-refractivity contribution in [2.75, 3.05) is 70.9 Å². The number of hydrogen-bond donors (Lipinski definition) is 2. The molecule has 2 N–H and O–H groups in total. The second kappa shape index (κ2) is 10.4. The number of piperidine rings is 1. The van der Waals surface area contributed by atoms with E-state index in [1.54, 1.807) is 0 Å². The van der Waals surface area contributed by atoms with Crippen LogP contribution in [0.15, 0.2) is 36.5 Å². The zero-order valence-electron chi connectivity index (χ0n) is 17.9. The molecule has 1 unspecified atom stereocenters. The minimum atomic E-state index is 0.0574. The van der Waals surface area contributed by atoms with Gasteiger partial charge in [-0.3, -0.25) is 19.8 Å². The molecular weight excluding hydrogens is 378 g/mol. The van der Waals surface area contributed by atoms with E-state index >= 15 is 0 Å². The quantitative estimate of drug-likeness (QED) is 0.685. The van der Waals surface area contributed by atoms with E-state index in [1.165, 1.54) is 0 Å². The first kappa shape index (κ1) is 21.3. The molecule has 1 aromatic heterocycles. The van der Waals surface area contributed by atoms with Gasteiger partial charge in [0.1, 0.15) is 0 Å². The Bertz CT molecular complexity index is 815. The third-order valence-electron chi connectivity index (χ3n) is 6.54. The lowest BCUT2D eigenvalue weighted by molar-refractivity contribution is -0.122. The number of rotatable bonds is 8. The first-order chi connectivity index (χ1) is 14.7. The van der Waals surface area contributed by atoms with Crippen LogP contribution in [0.25, 0.3) is 10.9 Å². The Morgan fingerprint density at radius 1 is 0.967 bits per heavy atom. The number of nitrogens with one attached hydrogen (secondary N) is 1. The molecule has 2 aliphatic rings. The van der Waals surface area contributed by atoms with Gasteiger partial charge in [-0.15, -0.1) is 0 Å². The number of piperazine rings is 1. The van der Waals surface area contributed by atoms with Crippen molar-refractivity contribution >= 4 is 16.8 Å². The highest BCUT2D eigenvalue weighted by Crippen LogP contribution is 2.19. The lowest BCUT2D eigenvalue weighted by Crippen LogP contribution is -2.48. The summed E-state index contributed by atoms with van der Waals surface area (Å²) in [5.41, 5.74) is 4.14. The monoisotopic (exact) mass is 413 g/mol. The van der Waals surface area contributed by atoms with Crippen LogP contribution in [0.5, 0.6) is 0 Å². The first-order valence-electron chi connectivity index (χ1n) is 11.4. The SMILES string of the molecule is O=C(Nn1ccc2ccccc21)C1CCCN(CCCN2CCN(CCO)CC2)C1. The number of benzene rings is 1. The molecule has 2 aromatic rings. The van der Waals surface area contributed by atoms with Crippen molar-refractivity contribution in [3.05, 3.63) is 36.5 Å². The maximum absolute atomic E-state index is 12.9. The van der Waals surface area contributed by atoms with Crippen molar-refractivity contribution in [2.45, 2.75) is 19.3 Å². The molecule has 3 heterocycles. The minimum Gasteiger partial charge on any atom is -0.395 e. The van der Waals surface area contributed by atoms with Crippen LogP contribution >= 0.6 is 0 Å². The zero-order valence-corrected chi connectivity index (χ0v) is 17.9. The Labute approximate surface area is 179 Å². The fourth-order valence-electron chi connectivity index (χ4n) is 4.76. The third kappa shape index (κ3) is 5.40. The minimum absolute atomic E-state index is 0.0574. The lowest BCUT2D eigenvalue weighted by atomic mass is 9.97. The summed E-state index contributed by atoms with van der Waals surface area (Å²) < 4.78 is 1.85. The summed E-state index contributed by atoms with van der Waals surface area (Å²) in [5.74, 6) is 0.183. The van der Waals surface area contributed by atoms with E-state index in [4.69, 9.17) is 5.11 Å². The molecule has 0 bridgehead atoms. The number of carbonyl (C=O) groups is 1. The van der Waals surface area contributed by atoms with Crippen molar-refractivity contribution in [3.63, 3.8) is 0 Å². The highest BCUT2D eigenvalue weighted by atomic mass is 16.3. The van der Waals surface area contributed by atoms with E-state index in [1.807, 2.05) is 35.1 Å². The molecule has 4 rings (SSSR count). The van der Waals surface area contributed by atoms with E-state index in [-0.39, 0.29) is 18.4 Å². The molecule has 1 atom stereocenters. The number of likely N-dealkylation sites (tertiary alicyclic amines) is 1. The number of β-amino-alcohol motifs (C(OH)–C–C–N with tert-alkyl or cyclic N) is 1. The molecule has 1 aromatic carbocycles. The Morgan fingerprint density at radius 3 is 2.50 bits per heavy atom. The number of para-hydroxylation sites is 1. The van der Waals surface area contributed by atoms with Crippen LogP contribution in [0.3, 0.4) is 0 Å². The van der Waals surface area contributed by atoms with Gasteiger partial charge in [-0.05, 0) is 51.0 Å². The van der Waals surface area contributed by atoms with Gasteiger partial charge >= 0.3 is 0 Å². The van der Waals surface area contributed by atoms with Gasteiger partial charge in [0.15, 0.2) is 0 Å². The van der Waals surface area contributed by atoms with Gasteiger partial charge < -0.3 is 14.9 Å². The summed E-state index contributed by atoms with van der Waals surface area (Å²) >= 11 is 0. The maximum atomic E-state index is 12.9. The Kier molecular flexibility index (Phi) is 7.38. The van der Waals surface area contributed by atoms with Gasteiger partial charge in [0.2, 0.25) is 5.91 Å². The van der Waals surface area contributed by atoms with Crippen molar-refractivity contribution in [2.24, 2.45) is 5.92 Å². The molecule has 30 heavy (non-hydrogen) atoms. The van der Waals surface area contributed by atoms with Crippen LogP contribution in [0, 0.1) is 5.92 Å². The number of hydrogen-bond acceptors (Lipinski definition) is 5. The molecule has 2 aliphatic heterocycles. The fraction of sp³-hybridized carbons (Fsp3) is 0.609. The van der Waals surface area contributed by atoms with Gasteiger partial charge in [-0.25, -0.2) is 0 Å². The van der Waals surface area contributed by atoms with Crippen LogP contribution < -0.4 is 5.43 Å². The average molecular weight is 414 g/mol. The van der Waals surface area contributed by atoms with Crippen LogP contribution in [-0.2, 0) is 4.79 Å². The first-order valence-corrected chi connectivity index (χ1v) is 11.4. The summed E-state index contributed by atoms with van der Waals surface area (Å²) in [5, 5.41) is 10.2. The average Bonchev–Trinajstić information content (AvgIpc) is 3.18. The fourth-order valence-corrected chi connectivity index (χ4v) is 4.76. The van der Waals surface area contributed by atoms with E-state index in [0.29, 0.717) is 0 Å². The van der Waals surface area contributed by atoms with Crippen LogP contribution in [0.4, 0.5) is 0 Å². The topological polar surface area (TPSA) is 64.0 Å². The van der Waals surface area contributed by atoms with Crippen molar-refractivity contribution in [1.29, 1.82) is 0 Å². The van der Waals surface area contributed by atoms with E-state index in [2.05, 4.69) is 26.2 Å². The summed E-state index contributed by atoms with van der Waals surface area (Å²) in [6.07, 6.45) is 5.14. The molecule has 2 saturated heterocycles. The van der Waals surface area contributed by atoms with Crippen molar-refractivity contribution in [3.8, 4) is 0 Å². The van der Waals surface area contributed by atoms with Crippen molar-refractivity contribution in [1.82, 2.24) is 19.4 Å². The molecule has 7 heteroatoms. The van der Waals surface area contributed by atoms with E-state index < -0.39 is 0 Å². The Morgan fingerprint density at radius 2 is 1.70 bits per heavy atom. The molecule has 0 saturated carbocycles. The highest BCUT2D eigenvalue weighted by Gasteiger charge is 2.26. The summed E-state index contributed by atoms with van der Waals surface area (Å²) in [4.78, 5) is 20.2. The predicted octanol–water partition coefficient (Wildman–Crippen LogP) is 1.42. The summed E-state index contributed by atoms with van der Waals surface area (Å²) in [6.45, 7) is 9.49. The molecule has 0 spiro atoms. The summed E-state index contributed by atoms with van der Waals surface area (Å²) in [7, 11) is 0. The van der Waals surface area contributed by atoms with Crippen molar-refractivity contribution < 1.29 is 9.90 Å². The molecular formula is C23H35N5O2. The van der Waals surface area contributed by atoms with Gasteiger partial charge in [0, 0.05) is 50.9 Å². The zero-order chi connectivity index (χ0) is 20.8. The number of fused-ring (bicyclic) bond motifs is 1. The van der Waals surface area contributed by atoms with Crippen LogP contribution in [-0.4, -0.2) is 95.9 Å². The van der Waals surface area contributed by atoms with Gasteiger partial charge in [0.25, 0.3) is 0 Å². The highest BCUT2D eigenvalue weighted by molar-refractivity contribution is 5.89.